The van der Waals surface area contributed by atoms with E-state index < -0.39 is 0 Å². The van der Waals surface area contributed by atoms with Gasteiger partial charge >= 0.3 is 0 Å². The number of rotatable bonds is 10. The highest BCUT2D eigenvalue weighted by atomic mass is 32.2. The maximum Gasteiger partial charge on any atom is 0.146 e. The molecule has 2 N–H and O–H groups in total. The second-order valence-electron chi connectivity index (χ2n) is 10.6. The fourth-order valence-electron chi connectivity index (χ4n) is 5.19. The molecule has 0 amide bonds. The Labute approximate surface area is 204 Å². The first-order valence-electron chi connectivity index (χ1n) is 12.3. The summed E-state index contributed by atoms with van der Waals surface area (Å²) in [5, 5.41) is 18.8. The highest BCUT2D eigenvalue weighted by Gasteiger charge is 2.40. The Kier molecular flexibility index (Phi) is 9.40. The Hall–Kier alpha value is -1.40. The van der Waals surface area contributed by atoms with Crippen LogP contribution in [0.3, 0.4) is 0 Å². The highest BCUT2D eigenvalue weighted by Crippen LogP contribution is 2.43. The van der Waals surface area contributed by atoms with Crippen molar-refractivity contribution in [2.75, 3.05) is 32.1 Å². The zero-order valence-corrected chi connectivity index (χ0v) is 21.3. The second-order valence-corrected chi connectivity index (χ2v) is 11.8. The molecule has 33 heavy (non-hydrogen) atoms. The predicted octanol–water partition coefficient (Wildman–Crippen LogP) is 4.71. The maximum absolute atomic E-state index is 13.1. The Morgan fingerprint density at radius 2 is 1.94 bits per heavy atom. The lowest BCUT2D eigenvalue weighted by molar-refractivity contribution is -0.123. The van der Waals surface area contributed by atoms with E-state index in [2.05, 4.69) is 80.4 Å². The van der Waals surface area contributed by atoms with E-state index >= 15 is 0 Å². The standard InChI is InChI=1S/C28H41NO3S/c1-27(2)19-24(26(25(32)20-27)33-21-23-7-5-4-6-8-23)10-9-22-11-13-28(3,14-12-22)29(15-17-30)16-18-31/h4-7,9-13,23-24,26,30-31H,8,14-21H2,1-3H3/b10-9+. The molecule has 0 aromatic heterocycles. The van der Waals surface area contributed by atoms with Crippen molar-refractivity contribution in [1.82, 2.24) is 4.90 Å². The smallest absolute Gasteiger partial charge is 0.146 e. The van der Waals surface area contributed by atoms with Crippen LogP contribution in [-0.4, -0.2) is 63.7 Å². The molecule has 1 saturated carbocycles. The molecule has 3 aliphatic carbocycles. The second kappa shape index (κ2) is 11.8. The van der Waals surface area contributed by atoms with E-state index in [0.29, 0.717) is 31.2 Å². The molecule has 0 saturated heterocycles. The van der Waals surface area contributed by atoms with Crippen molar-refractivity contribution in [1.29, 1.82) is 0 Å². The zero-order chi connectivity index (χ0) is 23.9. The molecule has 3 rings (SSSR count). The molecular formula is C28H41NO3S. The lowest BCUT2D eigenvalue weighted by Crippen LogP contribution is -2.48. The van der Waals surface area contributed by atoms with Crippen LogP contribution >= 0.6 is 11.8 Å². The number of carbonyl (C=O) groups is 1. The first-order chi connectivity index (χ1) is 15.8. The Morgan fingerprint density at radius 1 is 1.18 bits per heavy atom. The minimum Gasteiger partial charge on any atom is -0.395 e. The molecule has 0 bridgehead atoms. The average molecular weight is 472 g/mol. The molecule has 4 unspecified atom stereocenters. The molecule has 3 aliphatic rings. The van der Waals surface area contributed by atoms with Gasteiger partial charge in [0, 0.05) is 30.8 Å². The molecule has 182 valence electrons. The van der Waals surface area contributed by atoms with E-state index in [1.54, 1.807) is 0 Å². The number of hydrogen-bond acceptors (Lipinski definition) is 5. The van der Waals surface area contributed by atoms with Crippen LogP contribution < -0.4 is 0 Å². The molecule has 0 aliphatic heterocycles. The summed E-state index contributed by atoms with van der Waals surface area (Å²) in [6.45, 7) is 7.83. The summed E-state index contributed by atoms with van der Waals surface area (Å²) in [4.78, 5) is 15.2. The van der Waals surface area contributed by atoms with Gasteiger partial charge < -0.3 is 10.2 Å². The van der Waals surface area contributed by atoms with E-state index in [4.69, 9.17) is 0 Å². The summed E-state index contributed by atoms with van der Waals surface area (Å²) in [6, 6.07) is 0. The summed E-state index contributed by atoms with van der Waals surface area (Å²) in [5.41, 5.74) is 1.01. The lowest BCUT2D eigenvalue weighted by atomic mass is 9.71. The molecule has 4 nitrogen and oxygen atoms in total. The molecule has 0 aromatic rings. The van der Waals surface area contributed by atoms with Crippen molar-refractivity contribution in [3.63, 3.8) is 0 Å². The summed E-state index contributed by atoms with van der Waals surface area (Å²) >= 11 is 1.84. The number of β-amino-alcohol motifs (C(OH)–C–C–N with tert-alkyl or cyclic N) is 2. The van der Waals surface area contributed by atoms with Gasteiger partial charge in [-0.2, -0.15) is 0 Å². The van der Waals surface area contributed by atoms with E-state index in [0.717, 1.165) is 25.0 Å². The van der Waals surface area contributed by atoms with Crippen LogP contribution in [0.15, 0.2) is 60.3 Å². The van der Waals surface area contributed by atoms with Crippen molar-refractivity contribution in [2.24, 2.45) is 17.3 Å². The van der Waals surface area contributed by atoms with Crippen molar-refractivity contribution in [2.45, 2.75) is 57.2 Å². The van der Waals surface area contributed by atoms with Crippen LogP contribution in [0.1, 0.15) is 46.5 Å². The fraction of sp³-hybridized carbons (Fsp3) is 0.607. The quantitative estimate of drug-likeness (QED) is 0.483. The molecule has 0 heterocycles. The molecule has 4 atom stereocenters. The monoisotopic (exact) mass is 471 g/mol. The van der Waals surface area contributed by atoms with Crippen LogP contribution in [0.2, 0.25) is 0 Å². The van der Waals surface area contributed by atoms with Crippen LogP contribution in [0.5, 0.6) is 0 Å². The number of nitrogens with zero attached hydrogens (tertiary/aromatic N) is 1. The number of allylic oxidation sites excluding steroid dienone is 8. The van der Waals surface area contributed by atoms with Crippen LogP contribution in [0.4, 0.5) is 0 Å². The number of thioether (sulfide) groups is 1. The summed E-state index contributed by atoms with van der Waals surface area (Å²) < 4.78 is 0. The number of aliphatic hydroxyl groups is 2. The van der Waals surface area contributed by atoms with Crippen molar-refractivity contribution < 1.29 is 15.0 Å². The van der Waals surface area contributed by atoms with Crippen LogP contribution in [0, 0.1) is 17.3 Å². The van der Waals surface area contributed by atoms with Gasteiger partial charge in [-0.1, -0.05) is 68.5 Å². The largest absolute Gasteiger partial charge is 0.395 e. The molecule has 0 aromatic carbocycles. The predicted molar refractivity (Wildman–Crippen MR) is 139 cm³/mol. The maximum atomic E-state index is 13.1. The number of Topliss-reactive ketones (excluding diaryl/α,β-unsaturated/α-hetero) is 1. The molecule has 5 heteroatoms. The van der Waals surface area contributed by atoms with Crippen LogP contribution in [0.25, 0.3) is 0 Å². The summed E-state index contributed by atoms with van der Waals surface area (Å²) in [5.74, 6) is 2.16. The Balaban J connectivity index is 1.66. The Bertz CT molecular complexity index is 819. The van der Waals surface area contributed by atoms with E-state index in [1.165, 1.54) is 5.57 Å². The summed E-state index contributed by atoms with van der Waals surface area (Å²) in [6.07, 6.45) is 23.3. The fourth-order valence-corrected chi connectivity index (χ4v) is 6.59. The first-order valence-corrected chi connectivity index (χ1v) is 13.3. The minimum atomic E-state index is -0.202. The third kappa shape index (κ3) is 7.29. The topological polar surface area (TPSA) is 60.8 Å². The van der Waals surface area contributed by atoms with E-state index in [-0.39, 0.29) is 35.3 Å². The number of aliphatic hydroxyl groups excluding tert-OH is 2. The van der Waals surface area contributed by atoms with Gasteiger partial charge in [-0.25, -0.2) is 0 Å². The SMILES string of the molecule is CC1(C)CC(=O)C(SCC2C=CC=CC2)C(/C=C/C2=CCC(C)(N(CCO)CCO)C=C2)C1. The highest BCUT2D eigenvalue weighted by molar-refractivity contribution is 8.00. The van der Waals surface area contributed by atoms with Gasteiger partial charge in [-0.05, 0) is 49.0 Å². The average Bonchev–Trinajstić information content (AvgIpc) is 2.78. The molecule has 0 spiro atoms. The van der Waals surface area contributed by atoms with Gasteiger partial charge in [0.25, 0.3) is 0 Å². The van der Waals surface area contributed by atoms with Crippen LogP contribution in [-0.2, 0) is 4.79 Å². The van der Waals surface area contributed by atoms with Gasteiger partial charge in [0.2, 0.25) is 0 Å². The molecule has 1 fully saturated rings. The molecular weight excluding hydrogens is 430 g/mol. The van der Waals surface area contributed by atoms with Crippen molar-refractivity contribution in [3.05, 3.63) is 60.3 Å². The normalized spacial score (nSPS) is 31.5. The van der Waals surface area contributed by atoms with E-state index in [9.17, 15) is 15.0 Å². The Morgan fingerprint density at radius 3 is 2.55 bits per heavy atom. The number of hydrogen-bond donors (Lipinski definition) is 2. The van der Waals surface area contributed by atoms with Crippen molar-refractivity contribution >= 4 is 17.5 Å². The van der Waals surface area contributed by atoms with E-state index in [1.807, 2.05) is 11.8 Å². The van der Waals surface area contributed by atoms with Crippen molar-refractivity contribution in [3.8, 4) is 0 Å². The van der Waals surface area contributed by atoms with Gasteiger partial charge in [0.05, 0.1) is 18.5 Å². The number of ketones is 1. The minimum absolute atomic E-state index is 0.0385. The third-order valence-corrected chi connectivity index (χ3v) is 8.68. The first kappa shape index (κ1) is 26.2. The number of carbonyl (C=O) groups excluding carboxylic acids is 1. The van der Waals surface area contributed by atoms with Gasteiger partial charge in [0.1, 0.15) is 5.78 Å². The lowest BCUT2D eigenvalue weighted by Gasteiger charge is -2.40. The van der Waals surface area contributed by atoms with Gasteiger partial charge in [0.15, 0.2) is 0 Å². The van der Waals surface area contributed by atoms with Gasteiger partial charge in [-0.3, -0.25) is 9.69 Å². The summed E-state index contributed by atoms with van der Waals surface area (Å²) in [7, 11) is 0. The third-order valence-electron chi connectivity index (χ3n) is 7.09. The van der Waals surface area contributed by atoms with Gasteiger partial charge in [-0.15, -0.1) is 11.8 Å². The zero-order valence-electron chi connectivity index (χ0n) is 20.5. The molecule has 0 radical (unpaired) electrons.